The molecule has 1 atom stereocenters. The van der Waals surface area contributed by atoms with Gasteiger partial charge in [-0.1, -0.05) is 24.3 Å². The SMILES string of the molecule is COC(C)(C)CC(=O)CC1CCCc2ccccc21. The molecule has 1 aliphatic carbocycles. The molecule has 0 spiro atoms. The minimum Gasteiger partial charge on any atom is -0.378 e. The van der Waals surface area contributed by atoms with Crippen LogP contribution in [0.4, 0.5) is 0 Å². The monoisotopic (exact) mass is 260 g/mol. The summed E-state index contributed by atoms with van der Waals surface area (Å²) in [6.45, 7) is 3.94. The normalized spacial score (nSPS) is 19.0. The summed E-state index contributed by atoms with van der Waals surface area (Å²) in [5.74, 6) is 0.721. The van der Waals surface area contributed by atoms with Gasteiger partial charge in [0.2, 0.25) is 0 Å². The lowest BCUT2D eigenvalue weighted by Gasteiger charge is -2.27. The molecule has 1 aliphatic rings. The molecule has 1 unspecified atom stereocenters. The summed E-state index contributed by atoms with van der Waals surface area (Å²) >= 11 is 0. The number of hydrogen-bond acceptors (Lipinski definition) is 2. The highest BCUT2D eigenvalue weighted by atomic mass is 16.5. The smallest absolute Gasteiger partial charge is 0.136 e. The molecule has 104 valence electrons. The summed E-state index contributed by atoms with van der Waals surface area (Å²) in [6, 6.07) is 8.57. The van der Waals surface area contributed by atoms with E-state index in [1.807, 2.05) is 13.8 Å². The fourth-order valence-corrected chi connectivity index (χ4v) is 2.96. The molecule has 0 aromatic heterocycles. The molecule has 2 rings (SSSR count). The van der Waals surface area contributed by atoms with E-state index in [1.54, 1.807) is 7.11 Å². The van der Waals surface area contributed by atoms with E-state index in [0.717, 1.165) is 12.8 Å². The number of benzene rings is 1. The number of aryl methyl sites for hydroxylation is 1. The van der Waals surface area contributed by atoms with E-state index in [-0.39, 0.29) is 5.60 Å². The zero-order valence-corrected chi connectivity index (χ0v) is 12.2. The highest BCUT2D eigenvalue weighted by Gasteiger charge is 2.26. The molecule has 0 heterocycles. The molecule has 19 heavy (non-hydrogen) atoms. The zero-order valence-electron chi connectivity index (χ0n) is 12.2. The second-order valence-corrected chi connectivity index (χ2v) is 6.17. The standard InChI is InChI=1S/C17H24O2/c1-17(2,19-3)12-15(18)11-14-9-6-8-13-7-4-5-10-16(13)14/h4-5,7,10,14H,6,8-9,11-12H2,1-3H3. The van der Waals surface area contributed by atoms with Crippen LogP contribution in [-0.4, -0.2) is 18.5 Å². The van der Waals surface area contributed by atoms with Gasteiger partial charge in [-0.2, -0.15) is 0 Å². The summed E-state index contributed by atoms with van der Waals surface area (Å²) in [7, 11) is 1.67. The van der Waals surface area contributed by atoms with Crippen LogP contribution in [0.1, 0.15) is 56.6 Å². The molecule has 2 heteroatoms. The lowest BCUT2D eigenvalue weighted by Crippen LogP contribution is -2.27. The van der Waals surface area contributed by atoms with Crippen molar-refractivity contribution in [1.29, 1.82) is 0 Å². The number of methoxy groups -OCH3 is 1. The number of Topliss-reactive ketones (excluding diaryl/α,β-unsaturated/α-hetero) is 1. The van der Waals surface area contributed by atoms with Crippen molar-refractivity contribution in [2.24, 2.45) is 0 Å². The Morgan fingerprint density at radius 3 is 2.84 bits per heavy atom. The fourth-order valence-electron chi connectivity index (χ4n) is 2.96. The van der Waals surface area contributed by atoms with Gasteiger partial charge in [-0.15, -0.1) is 0 Å². The van der Waals surface area contributed by atoms with Crippen LogP contribution in [-0.2, 0) is 16.0 Å². The van der Waals surface area contributed by atoms with Gasteiger partial charge in [0.05, 0.1) is 5.60 Å². The van der Waals surface area contributed by atoms with E-state index in [0.29, 0.717) is 24.5 Å². The molecular weight excluding hydrogens is 236 g/mol. The predicted molar refractivity (Wildman–Crippen MR) is 77.5 cm³/mol. The second-order valence-electron chi connectivity index (χ2n) is 6.17. The Kier molecular flexibility index (Phi) is 4.41. The first-order chi connectivity index (χ1) is 9.02. The third kappa shape index (κ3) is 3.66. The van der Waals surface area contributed by atoms with Crippen molar-refractivity contribution in [3.05, 3.63) is 35.4 Å². The molecule has 0 amide bonds. The van der Waals surface area contributed by atoms with Gasteiger partial charge in [0.15, 0.2) is 0 Å². The van der Waals surface area contributed by atoms with Gasteiger partial charge in [-0.05, 0) is 50.2 Å². The number of carbonyl (C=O) groups is 1. The molecule has 0 aliphatic heterocycles. The number of rotatable bonds is 5. The third-order valence-electron chi connectivity index (χ3n) is 4.14. The van der Waals surface area contributed by atoms with Crippen molar-refractivity contribution in [2.75, 3.05) is 7.11 Å². The summed E-state index contributed by atoms with van der Waals surface area (Å²) in [5, 5.41) is 0. The van der Waals surface area contributed by atoms with Crippen LogP contribution in [0.2, 0.25) is 0 Å². The van der Waals surface area contributed by atoms with Crippen molar-refractivity contribution in [3.8, 4) is 0 Å². The number of ketones is 1. The molecule has 0 radical (unpaired) electrons. The van der Waals surface area contributed by atoms with Crippen LogP contribution in [0.25, 0.3) is 0 Å². The molecule has 0 saturated heterocycles. The molecular formula is C17H24O2. The van der Waals surface area contributed by atoms with Gasteiger partial charge in [0.25, 0.3) is 0 Å². The highest BCUT2D eigenvalue weighted by molar-refractivity contribution is 5.80. The molecule has 2 nitrogen and oxygen atoms in total. The first kappa shape index (κ1) is 14.3. The van der Waals surface area contributed by atoms with Crippen LogP contribution < -0.4 is 0 Å². The van der Waals surface area contributed by atoms with Gasteiger partial charge in [-0.3, -0.25) is 4.79 Å². The summed E-state index contributed by atoms with van der Waals surface area (Å²) < 4.78 is 5.35. The average Bonchev–Trinajstić information content (AvgIpc) is 2.38. The minimum absolute atomic E-state index is 0.313. The van der Waals surface area contributed by atoms with Gasteiger partial charge >= 0.3 is 0 Å². The second kappa shape index (κ2) is 5.87. The maximum absolute atomic E-state index is 12.2. The Bertz CT molecular complexity index is 448. The Morgan fingerprint density at radius 1 is 1.37 bits per heavy atom. The average molecular weight is 260 g/mol. The van der Waals surface area contributed by atoms with Crippen LogP contribution in [0.15, 0.2) is 24.3 Å². The Hall–Kier alpha value is -1.15. The Labute approximate surface area is 116 Å². The lowest BCUT2D eigenvalue weighted by atomic mass is 9.79. The minimum atomic E-state index is -0.342. The summed E-state index contributed by atoms with van der Waals surface area (Å²) in [4.78, 5) is 12.2. The molecule has 0 N–H and O–H groups in total. The van der Waals surface area contributed by atoms with E-state index < -0.39 is 0 Å². The number of hydrogen-bond donors (Lipinski definition) is 0. The van der Waals surface area contributed by atoms with Crippen molar-refractivity contribution in [2.45, 2.75) is 57.5 Å². The van der Waals surface area contributed by atoms with Gasteiger partial charge in [0, 0.05) is 20.0 Å². The van der Waals surface area contributed by atoms with Crippen molar-refractivity contribution < 1.29 is 9.53 Å². The Balaban J connectivity index is 2.03. The van der Waals surface area contributed by atoms with Gasteiger partial charge in [-0.25, -0.2) is 0 Å². The summed E-state index contributed by atoms with van der Waals surface area (Å²) in [6.07, 6.45) is 4.65. The third-order valence-corrected chi connectivity index (χ3v) is 4.14. The van der Waals surface area contributed by atoms with Gasteiger partial charge in [0.1, 0.15) is 5.78 Å². The van der Waals surface area contributed by atoms with Gasteiger partial charge < -0.3 is 4.74 Å². The van der Waals surface area contributed by atoms with E-state index >= 15 is 0 Å². The largest absolute Gasteiger partial charge is 0.378 e. The first-order valence-corrected chi connectivity index (χ1v) is 7.16. The molecule has 1 aromatic rings. The van der Waals surface area contributed by atoms with Crippen LogP contribution >= 0.6 is 0 Å². The maximum Gasteiger partial charge on any atom is 0.136 e. The Morgan fingerprint density at radius 2 is 2.11 bits per heavy atom. The van der Waals surface area contributed by atoms with E-state index in [4.69, 9.17) is 4.74 Å². The highest BCUT2D eigenvalue weighted by Crippen LogP contribution is 2.34. The van der Waals surface area contributed by atoms with Crippen molar-refractivity contribution in [3.63, 3.8) is 0 Å². The van der Waals surface area contributed by atoms with Crippen molar-refractivity contribution >= 4 is 5.78 Å². The molecule has 0 fully saturated rings. The molecule has 0 saturated carbocycles. The fraction of sp³-hybridized carbons (Fsp3) is 0.588. The van der Waals surface area contributed by atoms with E-state index in [9.17, 15) is 4.79 Å². The number of fused-ring (bicyclic) bond motifs is 1. The van der Waals surface area contributed by atoms with Crippen LogP contribution in [0.3, 0.4) is 0 Å². The topological polar surface area (TPSA) is 26.3 Å². The van der Waals surface area contributed by atoms with Crippen LogP contribution in [0.5, 0.6) is 0 Å². The van der Waals surface area contributed by atoms with E-state index in [1.165, 1.54) is 17.5 Å². The van der Waals surface area contributed by atoms with Crippen molar-refractivity contribution in [1.82, 2.24) is 0 Å². The first-order valence-electron chi connectivity index (χ1n) is 7.16. The summed E-state index contributed by atoms with van der Waals surface area (Å²) in [5.41, 5.74) is 2.47. The quantitative estimate of drug-likeness (QED) is 0.803. The lowest BCUT2D eigenvalue weighted by molar-refractivity contribution is -0.124. The number of ether oxygens (including phenoxy) is 1. The molecule has 0 bridgehead atoms. The predicted octanol–water partition coefficient (Wildman–Crippen LogP) is 3.88. The zero-order chi connectivity index (χ0) is 13.9. The molecule has 1 aromatic carbocycles. The number of carbonyl (C=O) groups excluding carboxylic acids is 1. The van der Waals surface area contributed by atoms with Crippen LogP contribution in [0, 0.1) is 0 Å². The van der Waals surface area contributed by atoms with E-state index in [2.05, 4.69) is 24.3 Å². The maximum atomic E-state index is 12.2.